The number of nitrogens with one attached hydrogen (secondary N) is 2. The molecular formula is C20H16Cl5N5O2S. The second kappa shape index (κ2) is 11.6. The first-order chi connectivity index (χ1) is 15.7. The molecule has 174 valence electrons. The van der Waals surface area contributed by atoms with Gasteiger partial charge in [-0.25, -0.2) is 0 Å². The van der Waals surface area contributed by atoms with Gasteiger partial charge in [0.15, 0.2) is 11.0 Å². The van der Waals surface area contributed by atoms with E-state index in [0.29, 0.717) is 33.1 Å². The first-order valence-corrected chi connectivity index (χ1v) is 12.3. The van der Waals surface area contributed by atoms with Gasteiger partial charge in [0, 0.05) is 16.6 Å². The summed E-state index contributed by atoms with van der Waals surface area (Å²) >= 11 is 31.2. The minimum absolute atomic E-state index is 0.0418. The van der Waals surface area contributed by atoms with Crippen LogP contribution in [-0.4, -0.2) is 32.3 Å². The number of hydrogen-bond acceptors (Lipinski definition) is 5. The van der Waals surface area contributed by atoms with Crippen molar-refractivity contribution in [1.29, 1.82) is 0 Å². The molecule has 0 radical (unpaired) electrons. The Morgan fingerprint density at radius 3 is 2.27 bits per heavy atom. The Morgan fingerprint density at radius 1 is 0.970 bits per heavy atom. The van der Waals surface area contributed by atoms with Gasteiger partial charge in [-0.1, -0.05) is 69.8 Å². The molecule has 2 N–H and O–H groups in total. The van der Waals surface area contributed by atoms with E-state index in [1.165, 1.54) is 30.0 Å². The van der Waals surface area contributed by atoms with Crippen LogP contribution in [0.3, 0.4) is 0 Å². The third kappa shape index (κ3) is 6.68. The van der Waals surface area contributed by atoms with Crippen molar-refractivity contribution >= 4 is 87.3 Å². The van der Waals surface area contributed by atoms with Crippen molar-refractivity contribution in [2.24, 2.45) is 0 Å². The van der Waals surface area contributed by atoms with Crippen LogP contribution in [0.2, 0.25) is 25.1 Å². The van der Waals surface area contributed by atoms with E-state index < -0.39 is 0 Å². The molecule has 0 aliphatic carbocycles. The van der Waals surface area contributed by atoms with E-state index in [4.69, 9.17) is 58.0 Å². The van der Waals surface area contributed by atoms with E-state index in [1.807, 2.05) is 6.92 Å². The first-order valence-electron chi connectivity index (χ1n) is 9.42. The van der Waals surface area contributed by atoms with Crippen LogP contribution in [0.25, 0.3) is 0 Å². The fraction of sp³-hybridized carbons (Fsp3) is 0.200. The molecule has 0 unspecified atom stereocenters. The van der Waals surface area contributed by atoms with Gasteiger partial charge in [0.25, 0.3) is 5.91 Å². The van der Waals surface area contributed by atoms with E-state index in [2.05, 4.69) is 20.8 Å². The van der Waals surface area contributed by atoms with Crippen LogP contribution < -0.4 is 10.6 Å². The summed E-state index contributed by atoms with van der Waals surface area (Å²) in [5, 5.41) is 15.7. The van der Waals surface area contributed by atoms with E-state index in [9.17, 15) is 9.59 Å². The molecule has 3 aromatic rings. The molecule has 13 heteroatoms. The van der Waals surface area contributed by atoms with Crippen LogP contribution in [0.5, 0.6) is 0 Å². The molecule has 0 saturated heterocycles. The quantitative estimate of drug-likeness (QED) is 0.315. The number of amides is 2. The lowest BCUT2D eigenvalue weighted by Gasteiger charge is -2.11. The zero-order valence-corrected chi connectivity index (χ0v) is 21.6. The lowest BCUT2D eigenvalue weighted by atomic mass is 10.2. The Kier molecular flexibility index (Phi) is 9.15. The van der Waals surface area contributed by atoms with Gasteiger partial charge in [-0.3, -0.25) is 9.59 Å². The largest absolute Gasteiger partial charge is 0.345 e. The predicted octanol–water partition coefficient (Wildman–Crippen LogP) is 6.23. The standard InChI is InChI=1S/C20H16Cl5N5O2S/c1-2-30-16(8-26-19(32)12-4-3-10(21)5-13(12)23)28-29-20(30)33-9-17(31)27-18-14(24)6-11(22)7-15(18)25/h3-7H,2,8-9H2,1H3,(H,26,32)(H,27,31). The minimum Gasteiger partial charge on any atom is -0.345 e. The minimum atomic E-state index is -0.368. The average Bonchev–Trinajstić information content (AvgIpc) is 3.14. The van der Waals surface area contributed by atoms with Gasteiger partial charge >= 0.3 is 0 Å². The van der Waals surface area contributed by atoms with Crippen LogP contribution in [0, 0.1) is 0 Å². The Hall–Kier alpha value is -1.68. The second-order valence-corrected chi connectivity index (χ2v) is 9.57. The number of halogens is 5. The fourth-order valence-electron chi connectivity index (χ4n) is 2.77. The number of hydrogen-bond donors (Lipinski definition) is 2. The Morgan fingerprint density at radius 2 is 1.64 bits per heavy atom. The molecule has 0 atom stereocenters. The monoisotopic (exact) mass is 565 g/mol. The SMILES string of the molecule is CCn1c(CNC(=O)c2ccc(Cl)cc2Cl)nnc1SCC(=O)Nc1c(Cl)cc(Cl)cc1Cl. The molecular weight excluding hydrogens is 552 g/mol. The van der Waals surface area contributed by atoms with Crippen molar-refractivity contribution in [3.8, 4) is 0 Å². The summed E-state index contributed by atoms with van der Waals surface area (Å²) in [5.74, 6) is -0.126. The van der Waals surface area contributed by atoms with E-state index >= 15 is 0 Å². The predicted molar refractivity (Wildman–Crippen MR) is 134 cm³/mol. The molecule has 3 rings (SSSR count). The van der Waals surface area contributed by atoms with Gasteiger partial charge in [0.2, 0.25) is 5.91 Å². The van der Waals surface area contributed by atoms with Crippen LogP contribution in [0.4, 0.5) is 5.69 Å². The summed E-state index contributed by atoms with van der Waals surface area (Å²) in [4.78, 5) is 24.8. The number of carbonyl (C=O) groups excluding carboxylic acids is 2. The molecule has 0 aliphatic rings. The van der Waals surface area contributed by atoms with Crippen molar-refractivity contribution in [1.82, 2.24) is 20.1 Å². The maximum absolute atomic E-state index is 12.4. The summed E-state index contributed by atoms with van der Waals surface area (Å²) in [5.41, 5.74) is 0.587. The van der Waals surface area contributed by atoms with Crippen LogP contribution >= 0.6 is 69.8 Å². The molecule has 0 fully saturated rings. The van der Waals surface area contributed by atoms with Gasteiger partial charge in [0.05, 0.1) is 38.6 Å². The van der Waals surface area contributed by atoms with E-state index in [-0.39, 0.29) is 44.9 Å². The molecule has 1 heterocycles. The van der Waals surface area contributed by atoms with Gasteiger partial charge in [-0.15, -0.1) is 10.2 Å². The number of aromatic nitrogens is 3. The van der Waals surface area contributed by atoms with Crippen LogP contribution in [-0.2, 0) is 17.9 Å². The highest BCUT2D eigenvalue weighted by atomic mass is 35.5. The summed E-state index contributed by atoms with van der Waals surface area (Å²) in [6.07, 6.45) is 0. The zero-order chi connectivity index (χ0) is 24.1. The molecule has 0 saturated carbocycles. The number of nitrogens with zero attached hydrogens (tertiary/aromatic N) is 3. The highest BCUT2D eigenvalue weighted by molar-refractivity contribution is 7.99. The number of benzene rings is 2. The Labute approximate surface area is 219 Å². The van der Waals surface area contributed by atoms with Crippen molar-refractivity contribution in [3.63, 3.8) is 0 Å². The zero-order valence-electron chi connectivity index (χ0n) is 17.0. The van der Waals surface area contributed by atoms with Crippen molar-refractivity contribution in [2.75, 3.05) is 11.1 Å². The fourth-order valence-corrected chi connectivity index (χ4v) is 5.00. The lowest BCUT2D eigenvalue weighted by Crippen LogP contribution is -2.25. The topological polar surface area (TPSA) is 88.9 Å². The molecule has 1 aromatic heterocycles. The summed E-state index contributed by atoms with van der Waals surface area (Å²) in [6.45, 7) is 2.57. The Balaban J connectivity index is 1.61. The third-order valence-corrected chi connectivity index (χ3v) is 6.63. The van der Waals surface area contributed by atoms with E-state index in [0.717, 1.165) is 0 Å². The highest BCUT2D eigenvalue weighted by Gasteiger charge is 2.17. The molecule has 0 spiro atoms. The second-order valence-electron chi connectivity index (χ2n) is 6.53. The van der Waals surface area contributed by atoms with Crippen molar-refractivity contribution in [3.05, 3.63) is 66.8 Å². The van der Waals surface area contributed by atoms with Crippen molar-refractivity contribution < 1.29 is 9.59 Å². The molecule has 33 heavy (non-hydrogen) atoms. The number of rotatable bonds is 8. The summed E-state index contributed by atoms with van der Waals surface area (Å²) in [7, 11) is 0. The van der Waals surface area contributed by atoms with Crippen LogP contribution in [0.15, 0.2) is 35.5 Å². The molecule has 2 aromatic carbocycles. The number of thioether (sulfide) groups is 1. The normalized spacial score (nSPS) is 10.8. The summed E-state index contributed by atoms with van der Waals surface area (Å²) in [6, 6.07) is 7.61. The molecule has 7 nitrogen and oxygen atoms in total. The molecule has 0 bridgehead atoms. The van der Waals surface area contributed by atoms with Crippen molar-refractivity contribution in [2.45, 2.75) is 25.2 Å². The average molecular weight is 568 g/mol. The Bertz CT molecular complexity index is 1180. The number of anilines is 1. The molecule has 2 amide bonds. The lowest BCUT2D eigenvalue weighted by molar-refractivity contribution is -0.113. The van der Waals surface area contributed by atoms with Gasteiger partial charge in [0.1, 0.15) is 0 Å². The van der Waals surface area contributed by atoms with Gasteiger partial charge < -0.3 is 15.2 Å². The molecule has 0 aliphatic heterocycles. The van der Waals surface area contributed by atoms with E-state index in [1.54, 1.807) is 16.7 Å². The summed E-state index contributed by atoms with van der Waals surface area (Å²) < 4.78 is 1.80. The third-order valence-electron chi connectivity index (χ3n) is 4.30. The number of carbonyl (C=O) groups is 2. The maximum atomic E-state index is 12.4. The van der Waals surface area contributed by atoms with Gasteiger partial charge in [-0.2, -0.15) is 0 Å². The van der Waals surface area contributed by atoms with Gasteiger partial charge in [-0.05, 0) is 37.3 Å². The van der Waals surface area contributed by atoms with Crippen LogP contribution in [0.1, 0.15) is 23.1 Å². The first kappa shape index (κ1) is 25.9. The highest BCUT2D eigenvalue weighted by Crippen LogP contribution is 2.34. The maximum Gasteiger partial charge on any atom is 0.253 e. The smallest absolute Gasteiger partial charge is 0.253 e.